The zero-order chi connectivity index (χ0) is 17.8. The maximum Gasteiger partial charge on any atom is 0.191 e. The van der Waals surface area contributed by atoms with Crippen molar-refractivity contribution in [2.45, 2.75) is 39.7 Å². The molecule has 0 aromatic heterocycles. The largest absolute Gasteiger partial charge is 0.379 e. The summed E-state index contributed by atoms with van der Waals surface area (Å²) in [6.07, 6.45) is 2.51. The van der Waals surface area contributed by atoms with Gasteiger partial charge in [-0.1, -0.05) is 27.2 Å². The third kappa shape index (κ3) is 10.6. The molecule has 1 atom stereocenters. The predicted molar refractivity (Wildman–Crippen MR) is 118 cm³/mol. The molecule has 6 nitrogen and oxygen atoms in total. The summed E-state index contributed by atoms with van der Waals surface area (Å²) in [5.41, 5.74) is 0. The molecule has 2 N–H and O–H groups in total. The number of aliphatic imine (C=N–C) groups is 1. The fourth-order valence-electron chi connectivity index (χ4n) is 3.02. The molecule has 0 bridgehead atoms. The molecular weight excluding hydrogens is 429 g/mol. The van der Waals surface area contributed by atoms with Gasteiger partial charge in [-0.05, 0) is 25.9 Å². The summed E-state index contributed by atoms with van der Waals surface area (Å²) in [7, 11) is 4.02. The van der Waals surface area contributed by atoms with Gasteiger partial charge < -0.3 is 20.3 Å². The molecule has 1 unspecified atom stereocenters. The summed E-state index contributed by atoms with van der Waals surface area (Å²) in [5.74, 6) is 1.51. The van der Waals surface area contributed by atoms with Crippen molar-refractivity contribution in [1.82, 2.24) is 20.4 Å². The SMILES string of the molecule is CCCCN(C)CCNC(=NC)NCC(C(C)C)N1CCOCC1.I. The standard InChI is InChI=1S/C18H39N5O.HI/c1-6-7-9-22(5)10-8-20-18(19-4)21-15-17(16(2)3)23-11-13-24-14-12-23;/h16-17H,6-15H2,1-5H3,(H2,19,20,21);1H. The second kappa shape index (κ2) is 15.0. The van der Waals surface area contributed by atoms with Crippen LogP contribution in [0, 0.1) is 5.92 Å². The zero-order valence-electron chi connectivity index (χ0n) is 16.9. The average molecular weight is 469 g/mol. The van der Waals surface area contributed by atoms with Gasteiger partial charge in [-0.25, -0.2) is 0 Å². The second-order valence-corrected chi connectivity index (χ2v) is 7.00. The Labute approximate surface area is 172 Å². The highest BCUT2D eigenvalue weighted by Crippen LogP contribution is 2.12. The van der Waals surface area contributed by atoms with Gasteiger partial charge in [-0.3, -0.25) is 9.89 Å². The highest BCUT2D eigenvalue weighted by molar-refractivity contribution is 14.0. The smallest absolute Gasteiger partial charge is 0.191 e. The Bertz CT molecular complexity index is 348. The van der Waals surface area contributed by atoms with Crippen LogP contribution >= 0.6 is 24.0 Å². The molecule has 0 aromatic carbocycles. The molecule has 0 spiro atoms. The van der Waals surface area contributed by atoms with Crippen LogP contribution in [0.1, 0.15) is 33.6 Å². The number of guanidine groups is 1. The Hall–Kier alpha value is -0.120. The maximum absolute atomic E-state index is 5.48. The van der Waals surface area contributed by atoms with Gasteiger partial charge in [0.1, 0.15) is 0 Å². The van der Waals surface area contributed by atoms with Gasteiger partial charge in [0.2, 0.25) is 0 Å². The van der Waals surface area contributed by atoms with Crippen molar-refractivity contribution in [3.05, 3.63) is 0 Å². The number of nitrogens with zero attached hydrogens (tertiary/aromatic N) is 3. The third-order valence-electron chi connectivity index (χ3n) is 4.67. The molecule has 1 saturated heterocycles. The van der Waals surface area contributed by atoms with Gasteiger partial charge >= 0.3 is 0 Å². The van der Waals surface area contributed by atoms with Gasteiger partial charge in [0, 0.05) is 45.8 Å². The summed E-state index contributed by atoms with van der Waals surface area (Å²) < 4.78 is 5.48. The molecule has 0 radical (unpaired) electrons. The monoisotopic (exact) mass is 469 g/mol. The molecule has 1 aliphatic rings. The summed E-state index contributed by atoms with van der Waals surface area (Å²) >= 11 is 0. The third-order valence-corrected chi connectivity index (χ3v) is 4.67. The Balaban J connectivity index is 0.00000576. The number of likely N-dealkylation sites (N-methyl/N-ethyl adjacent to an activating group) is 1. The van der Waals surface area contributed by atoms with Crippen molar-refractivity contribution in [2.75, 3.05) is 66.6 Å². The van der Waals surface area contributed by atoms with E-state index in [1.54, 1.807) is 0 Å². The van der Waals surface area contributed by atoms with Crippen molar-refractivity contribution in [3.63, 3.8) is 0 Å². The Morgan fingerprint density at radius 1 is 1.20 bits per heavy atom. The van der Waals surface area contributed by atoms with E-state index in [4.69, 9.17) is 4.74 Å². The Morgan fingerprint density at radius 2 is 1.88 bits per heavy atom. The Kier molecular flexibility index (Phi) is 14.9. The Morgan fingerprint density at radius 3 is 2.44 bits per heavy atom. The molecule has 0 aromatic rings. The number of morpholine rings is 1. The van der Waals surface area contributed by atoms with Crippen molar-refractivity contribution >= 4 is 29.9 Å². The van der Waals surface area contributed by atoms with Crippen molar-refractivity contribution in [1.29, 1.82) is 0 Å². The normalized spacial score (nSPS) is 17.5. The minimum atomic E-state index is 0. The lowest BCUT2D eigenvalue weighted by Gasteiger charge is -2.37. The number of hydrogen-bond acceptors (Lipinski definition) is 4. The average Bonchev–Trinajstić information content (AvgIpc) is 2.59. The first-order valence-corrected chi connectivity index (χ1v) is 9.53. The summed E-state index contributed by atoms with van der Waals surface area (Å²) in [6.45, 7) is 14.6. The van der Waals surface area contributed by atoms with Crippen LogP contribution in [-0.2, 0) is 4.74 Å². The quantitative estimate of drug-likeness (QED) is 0.291. The second-order valence-electron chi connectivity index (χ2n) is 7.00. The highest BCUT2D eigenvalue weighted by atomic mass is 127. The fourth-order valence-corrected chi connectivity index (χ4v) is 3.02. The van der Waals surface area contributed by atoms with Crippen molar-refractivity contribution in [3.8, 4) is 0 Å². The van der Waals surface area contributed by atoms with Crippen LogP contribution in [0.15, 0.2) is 4.99 Å². The topological polar surface area (TPSA) is 52.1 Å². The van der Waals surface area contributed by atoms with Gasteiger partial charge in [0.05, 0.1) is 13.2 Å². The number of hydrogen-bond donors (Lipinski definition) is 2. The molecule has 1 rings (SSSR count). The van der Waals surface area contributed by atoms with E-state index in [1.165, 1.54) is 12.8 Å². The first-order valence-electron chi connectivity index (χ1n) is 9.53. The van der Waals surface area contributed by atoms with E-state index in [0.29, 0.717) is 12.0 Å². The van der Waals surface area contributed by atoms with Crippen LogP contribution in [0.4, 0.5) is 0 Å². The first-order chi connectivity index (χ1) is 11.6. The number of unbranched alkanes of at least 4 members (excludes halogenated alkanes) is 1. The predicted octanol–water partition coefficient (Wildman–Crippen LogP) is 1.86. The minimum absolute atomic E-state index is 0. The van der Waals surface area contributed by atoms with Crippen LogP contribution in [-0.4, -0.2) is 88.4 Å². The van der Waals surface area contributed by atoms with E-state index >= 15 is 0 Å². The molecule has 1 fully saturated rings. The van der Waals surface area contributed by atoms with E-state index in [2.05, 4.69) is 53.2 Å². The van der Waals surface area contributed by atoms with Crippen LogP contribution in [0.5, 0.6) is 0 Å². The number of ether oxygens (including phenoxy) is 1. The molecule has 0 aliphatic carbocycles. The van der Waals surface area contributed by atoms with Crippen molar-refractivity contribution in [2.24, 2.45) is 10.9 Å². The molecule has 7 heteroatoms. The lowest BCUT2D eigenvalue weighted by molar-refractivity contribution is 0.00752. The van der Waals surface area contributed by atoms with E-state index in [0.717, 1.165) is 58.4 Å². The molecule has 1 heterocycles. The summed E-state index contributed by atoms with van der Waals surface area (Å²) in [5, 5.41) is 6.93. The zero-order valence-corrected chi connectivity index (χ0v) is 19.2. The van der Waals surface area contributed by atoms with Gasteiger partial charge in [-0.15, -0.1) is 24.0 Å². The molecule has 150 valence electrons. The maximum atomic E-state index is 5.48. The summed E-state index contributed by atoms with van der Waals surface area (Å²) in [4.78, 5) is 9.26. The fraction of sp³-hybridized carbons (Fsp3) is 0.944. The summed E-state index contributed by atoms with van der Waals surface area (Å²) in [6, 6.07) is 0.514. The van der Waals surface area contributed by atoms with E-state index in [-0.39, 0.29) is 24.0 Å². The minimum Gasteiger partial charge on any atom is -0.379 e. The van der Waals surface area contributed by atoms with Crippen molar-refractivity contribution < 1.29 is 4.74 Å². The number of nitrogens with one attached hydrogen (secondary N) is 2. The molecule has 25 heavy (non-hydrogen) atoms. The van der Waals surface area contributed by atoms with E-state index in [9.17, 15) is 0 Å². The van der Waals surface area contributed by atoms with Crippen LogP contribution in [0.2, 0.25) is 0 Å². The van der Waals surface area contributed by atoms with Crippen LogP contribution < -0.4 is 10.6 Å². The van der Waals surface area contributed by atoms with Gasteiger partial charge in [-0.2, -0.15) is 0 Å². The first kappa shape index (κ1) is 24.9. The lowest BCUT2D eigenvalue weighted by atomic mass is 10.0. The van der Waals surface area contributed by atoms with E-state index in [1.807, 2.05) is 7.05 Å². The lowest BCUT2D eigenvalue weighted by Crippen LogP contribution is -2.53. The highest BCUT2D eigenvalue weighted by Gasteiger charge is 2.23. The van der Waals surface area contributed by atoms with Gasteiger partial charge in [0.15, 0.2) is 5.96 Å². The molecule has 1 aliphatic heterocycles. The number of halogens is 1. The van der Waals surface area contributed by atoms with Crippen LogP contribution in [0.3, 0.4) is 0 Å². The van der Waals surface area contributed by atoms with Gasteiger partial charge in [0.25, 0.3) is 0 Å². The molecular formula is C18H40IN5O. The van der Waals surface area contributed by atoms with E-state index < -0.39 is 0 Å². The number of rotatable bonds is 10. The molecule has 0 saturated carbocycles. The van der Waals surface area contributed by atoms with Crippen LogP contribution in [0.25, 0.3) is 0 Å². The molecule has 0 amide bonds.